The minimum Gasteiger partial charge on any atom is -0.493 e. The zero-order valence-corrected chi connectivity index (χ0v) is 14.9. The third kappa shape index (κ3) is 3.23. The van der Waals surface area contributed by atoms with Gasteiger partial charge in [0.2, 0.25) is 5.78 Å². The van der Waals surface area contributed by atoms with E-state index in [4.69, 9.17) is 8.92 Å². The van der Waals surface area contributed by atoms with E-state index >= 15 is 0 Å². The Labute approximate surface area is 147 Å². The van der Waals surface area contributed by atoms with Crippen LogP contribution in [0.2, 0.25) is 0 Å². The Bertz CT molecular complexity index is 996. The largest absolute Gasteiger partial charge is 0.493 e. The number of hydrogen-bond acceptors (Lipinski definition) is 4. The molecule has 0 spiro atoms. The molecule has 2 aromatic rings. The van der Waals surface area contributed by atoms with Gasteiger partial charge >= 0.3 is 0 Å². The third-order valence-electron chi connectivity index (χ3n) is 3.94. The molecule has 0 radical (unpaired) electrons. The Morgan fingerprint density at radius 1 is 1.04 bits per heavy atom. The highest BCUT2D eigenvalue weighted by molar-refractivity contribution is 7.96. The molecule has 3 rings (SSSR count). The van der Waals surface area contributed by atoms with Crippen molar-refractivity contribution in [1.82, 2.24) is 0 Å². The van der Waals surface area contributed by atoms with Crippen molar-refractivity contribution in [3.63, 3.8) is 0 Å². The summed E-state index contributed by atoms with van der Waals surface area (Å²) in [5, 5.41) is 0. The highest BCUT2D eigenvalue weighted by Crippen LogP contribution is 2.32. The number of ketones is 1. The van der Waals surface area contributed by atoms with E-state index in [-0.39, 0.29) is 11.5 Å². The lowest BCUT2D eigenvalue weighted by atomic mass is 9.91. The van der Waals surface area contributed by atoms with E-state index in [1.165, 1.54) is 7.11 Å². The highest BCUT2D eigenvalue weighted by Gasteiger charge is 2.24. The standard InChI is InChI=1S/C20H18O4S/c1-13-5-8-16(9-6-13)25(4,22)24-15-7-10-17-18(12-15)14(2)11-19(23-3)20(17)21/h5-12H,2,4H2,1,3H3. The lowest BCUT2D eigenvalue weighted by Crippen LogP contribution is -2.14. The van der Waals surface area contributed by atoms with Gasteiger partial charge in [0, 0.05) is 5.56 Å². The fraction of sp³-hybridized carbons (Fsp3) is 0.100. The summed E-state index contributed by atoms with van der Waals surface area (Å²) in [4.78, 5) is 12.8. The number of carbonyl (C=O) groups excluding carboxylic acids is 1. The second-order valence-corrected chi connectivity index (χ2v) is 7.65. The van der Waals surface area contributed by atoms with Crippen molar-refractivity contribution in [2.45, 2.75) is 11.8 Å². The molecule has 5 heteroatoms. The molecule has 128 valence electrons. The van der Waals surface area contributed by atoms with Crippen LogP contribution in [-0.2, 0) is 14.5 Å². The van der Waals surface area contributed by atoms with Crippen molar-refractivity contribution >= 4 is 27.0 Å². The fourth-order valence-corrected chi connectivity index (χ4v) is 3.64. The first kappa shape index (κ1) is 17.0. The second-order valence-electron chi connectivity index (χ2n) is 5.79. The summed E-state index contributed by atoms with van der Waals surface area (Å²) in [7, 11) is -1.51. The minimum absolute atomic E-state index is 0.217. The molecule has 0 aliphatic heterocycles. The summed E-state index contributed by atoms with van der Waals surface area (Å²) < 4.78 is 23.5. The van der Waals surface area contributed by atoms with Crippen LogP contribution in [0.4, 0.5) is 0 Å². The number of carbonyl (C=O) groups is 1. The number of aryl methyl sites for hydroxylation is 1. The molecule has 4 nitrogen and oxygen atoms in total. The molecule has 25 heavy (non-hydrogen) atoms. The van der Waals surface area contributed by atoms with Gasteiger partial charge in [-0.2, -0.15) is 0 Å². The predicted molar refractivity (Wildman–Crippen MR) is 100 cm³/mol. The van der Waals surface area contributed by atoms with Gasteiger partial charge in [0.25, 0.3) is 0 Å². The molecule has 2 aromatic carbocycles. The normalized spacial score (nSPS) is 15.8. The van der Waals surface area contributed by atoms with Crippen LogP contribution in [-0.4, -0.2) is 23.0 Å². The maximum Gasteiger partial charge on any atom is 0.228 e. The predicted octanol–water partition coefficient (Wildman–Crippen LogP) is 3.80. The van der Waals surface area contributed by atoms with Crippen molar-refractivity contribution in [2.75, 3.05) is 7.11 Å². The number of Topliss-reactive ketones (excluding diaryl/α,β-unsaturated/α-hetero) is 1. The van der Waals surface area contributed by atoms with Gasteiger partial charge in [-0.15, -0.1) is 0 Å². The summed E-state index contributed by atoms with van der Waals surface area (Å²) in [6, 6.07) is 12.0. The third-order valence-corrected chi connectivity index (χ3v) is 5.39. The van der Waals surface area contributed by atoms with Crippen molar-refractivity contribution in [3.8, 4) is 5.75 Å². The maximum atomic E-state index is 12.8. The lowest BCUT2D eigenvalue weighted by molar-refractivity contribution is 0.0952. The molecule has 1 aliphatic rings. The van der Waals surface area contributed by atoms with Crippen molar-refractivity contribution in [3.05, 3.63) is 77.6 Å². The van der Waals surface area contributed by atoms with E-state index < -0.39 is 9.80 Å². The van der Waals surface area contributed by atoms with E-state index in [2.05, 4.69) is 12.4 Å². The second kappa shape index (κ2) is 6.26. The smallest absolute Gasteiger partial charge is 0.228 e. The van der Waals surface area contributed by atoms with Gasteiger partial charge in [-0.1, -0.05) is 24.3 Å². The number of methoxy groups -OCH3 is 1. The molecule has 0 bridgehead atoms. The molecular weight excluding hydrogens is 336 g/mol. The fourth-order valence-electron chi connectivity index (χ4n) is 2.57. The quantitative estimate of drug-likeness (QED) is 0.784. The number of fused-ring (bicyclic) bond motifs is 1. The van der Waals surface area contributed by atoms with Gasteiger partial charge in [-0.25, -0.2) is 4.21 Å². The number of allylic oxidation sites excluding steroid dienone is 3. The number of rotatable bonds is 4. The zero-order valence-electron chi connectivity index (χ0n) is 14.1. The first-order valence-corrected chi connectivity index (χ1v) is 9.24. The van der Waals surface area contributed by atoms with Crippen LogP contribution in [0.3, 0.4) is 0 Å². The van der Waals surface area contributed by atoms with E-state index in [1.807, 2.05) is 19.1 Å². The van der Waals surface area contributed by atoms with Gasteiger partial charge < -0.3 is 8.92 Å². The monoisotopic (exact) mass is 354 g/mol. The molecule has 1 unspecified atom stereocenters. The number of hydrogen-bond donors (Lipinski definition) is 0. The van der Waals surface area contributed by atoms with Gasteiger partial charge in [0.15, 0.2) is 5.76 Å². The zero-order chi connectivity index (χ0) is 18.2. The summed E-state index contributed by atoms with van der Waals surface area (Å²) in [5.41, 5.74) is 2.79. The Morgan fingerprint density at radius 2 is 1.72 bits per heavy atom. The van der Waals surface area contributed by atoms with E-state index in [1.54, 1.807) is 36.4 Å². The molecule has 0 saturated heterocycles. The van der Waals surface area contributed by atoms with Crippen LogP contribution in [0.5, 0.6) is 5.75 Å². The van der Waals surface area contributed by atoms with Crippen molar-refractivity contribution in [2.24, 2.45) is 0 Å². The van der Waals surface area contributed by atoms with Crippen molar-refractivity contribution < 1.29 is 17.9 Å². The lowest BCUT2D eigenvalue weighted by Gasteiger charge is -2.18. The molecule has 0 aromatic heterocycles. The minimum atomic E-state index is -2.96. The van der Waals surface area contributed by atoms with Crippen LogP contribution >= 0.6 is 0 Å². The average Bonchev–Trinajstić information content (AvgIpc) is 2.58. The van der Waals surface area contributed by atoms with Gasteiger partial charge in [0.1, 0.15) is 15.6 Å². The van der Waals surface area contributed by atoms with Crippen LogP contribution in [0.25, 0.3) is 5.57 Å². The van der Waals surface area contributed by atoms with Gasteiger partial charge in [-0.05, 0) is 60.3 Å². The van der Waals surface area contributed by atoms with Gasteiger partial charge in [-0.3, -0.25) is 4.79 Å². The summed E-state index contributed by atoms with van der Waals surface area (Å²) in [6.45, 7) is 5.89. The van der Waals surface area contributed by atoms with E-state index in [0.29, 0.717) is 27.3 Å². The van der Waals surface area contributed by atoms with Gasteiger partial charge in [0.05, 0.1) is 12.0 Å². The Balaban J connectivity index is 1.95. The molecule has 1 atom stereocenters. The molecule has 0 fully saturated rings. The number of ether oxygens (including phenoxy) is 1. The Hall–Kier alpha value is -2.79. The molecule has 0 amide bonds. The van der Waals surface area contributed by atoms with Crippen molar-refractivity contribution in [1.29, 1.82) is 0 Å². The topological polar surface area (TPSA) is 52.6 Å². The average molecular weight is 354 g/mol. The van der Waals surface area contributed by atoms with Crippen LogP contribution < -0.4 is 4.18 Å². The molecule has 0 saturated carbocycles. The highest BCUT2D eigenvalue weighted by atomic mass is 32.2. The Kier molecular flexibility index (Phi) is 4.27. The molecule has 1 aliphatic carbocycles. The van der Waals surface area contributed by atoms with Crippen LogP contribution in [0.1, 0.15) is 21.5 Å². The summed E-state index contributed by atoms with van der Waals surface area (Å²) >= 11 is 0. The van der Waals surface area contributed by atoms with Crippen LogP contribution in [0.15, 0.2) is 65.8 Å². The first-order chi connectivity index (χ1) is 11.8. The maximum absolute atomic E-state index is 12.8. The SMILES string of the molecule is C=C1C=C(OC)C(=O)c2ccc(OS(=C)(=O)c3ccc(C)cc3)cc21. The first-order valence-electron chi connectivity index (χ1n) is 7.59. The summed E-state index contributed by atoms with van der Waals surface area (Å²) in [5.74, 6) is 4.11. The summed E-state index contributed by atoms with van der Waals surface area (Å²) in [6.07, 6.45) is 1.58. The van der Waals surface area contributed by atoms with E-state index in [9.17, 15) is 9.00 Å². The Morgan fingerprint density at radius 3 is 2.36 bits per heavy atom. The molecule has 0 heterocycles. The molecular formula is C20H18O4S. The number of benzene rings is 2. The van der Waals surface area contributed by atoms with Crippen LogP contribution in [0, 0.1) is 6.92 Å². The molecule has 0 N–H and O–H groups in total. The van der Waals surface area contributed by atoms with E-state index in [0.717, 1.165) is 5.56 Å².